The molecule has 0 bridgehead atoms. The first kappa shape index (κ1) is 16.0. The van der Waals surface area contributed by atoms with Crippen LogP contribution in [0, 0.1) is 0 Å². The Morgan fingerprint density at radius 1 is 1.24 bits per heavy atom. The summed E-state index contributed by atoms with van der Waals surface area (Å²) in [7, 11) is 1.87. The van der Waals surface area contributed by atoms with Crippen LogP contribution in [0.25, 0.3) is 0 Å². The summed E-state index contributed by atoms with van der Waals surface area (Å²) in [6.45, 7) is 3.81. The molecule has 21 heavy (non-hydrogen) atoms. The highest BCUT2D eigenvalue weighted by molar-refractivity contribution is 6.30. The van der Waals surface area contributed by atoms with E-state index in [0.29, 0.717) is 5.15 Å². The maximum Gasteiger partial charge on any atom is 0.131 e. The molecule has 5 heteroatoms. The number of aromatic nitrogens is 2. The monoisotopic (exact) mass is 307 g/mol. The molecule has 4 nitrogen and oxygen atoms in total. The Labute approximate surface area is 130 Å². The predicted molar refractivity (Wildman–Crippen MR) is 85.4 cm³/mol. The Bertz CT molecular complexity index is 578. The third-order valence-corrected chi connectivity index (χ3v) is 4.06. The molecule has 0 aliphatic heterocycles. The first-order valence-corrected chi connectivity index (χ1v) is 7.63. The molecule has 0 atom stereocenters. The van der Waals surface area contributed by atoms with Gasteiger partial charge in [0.25, 0.3) is 0 Å². The lowest BCUT2D eigenvalue weighted by Gasteiger charge is -2.06. The minimum atomic E-state index is 0.0951. The van der Waals surface area contributed by atoms with E-state index in [1.165, 1.54) is 5.56 Å². The minimum absolute atomic E-state index is 0.0951. The van der Waals surface area contributed by atoms with E-state index >= 15 is 0 Å². The van der Waals surface area contributed by atoms with Crippen LogP contribution in [-0.2, 0) is 33.0 Å². The van der Waals surface area contributed by atoms with Crippen molar-refractivity contribution < 1.29 is 5.11 Å². The lowest BCUT2D eigenvalue weighted by Crippen LogP contribution is -2.17. The third kappa shape index (κ3) is 4.06. The van der Waals surface area contributed by atoms with Crippen molar-refractivity contribution in [2.24, 2.45) is 7.05 Å². The van der Waals surface area contributed by atoms with Crippen LogP contribution in [0.15, 0.2) is 24.3 Å². The molecular formula is C16H22ClN3O. The standard InChI is InChI=1S/C16H22ClN3O/c1-3-15-14(16(17)20(2)19-15)10-18-9-8-12-4-6-13(11-21)7-5-12/h4-7,18,21H,3,8-11H2,1-2H3. The molecule has 0 spiro atoms. The van der Waals surface area contributed by atoms with E-state index in [1.54, 1.807) is 4.68 Å². The highest BCUT2D eigenvalue weighted by Crippen LogP contribution is 2.19. The van der Waals surface area contributed by atoms with Crippen molar-refractivity contribution in [3.05, 3.63) is 51.8 Å². The van der Waals surface area contributed by atoms with Crippen LogP contribution < -0.4 is 5.32 Å². The molecule has 1 aromatic carbocycles. The first-order valence-electron chi connectivity index (χ1n) is 7.25. The first-order chi connectivity index (χ1) is 10.2. The van der Waals surface area contributed by atoms with Gasteiger partial charge in [0.2, 0.25) is 0 Å². The van der Waals surface area contributed by atoms with Gasteiger partial charge in [-0.3, -0.25) is 4.68 Å². The third-order valence-electron chi connectivity index (χ3n) is 3.58. The zero-order valence-corrected chi connectivity index (χ0v) is 13.3. The van der Waals surface area contributed by atoms with E-state index in [2.05, 4.69) is 29.5 Å². The van der Waals surface area contributed by atoms with Gasteiger partial charge in [-0.2, -0.15) is 5.10 Å². The van der Waals surface area contributed by atoms with Gasteiger partial charge in [0.05, 0.1) is 12.3 Å². The quantitative estimate of drug-likeness (QED) is 0.773. The molecule has 2 aromatic rings. The number of benzene rings is 1. The molecule has 0 amide bonds. The Morgan fingerprint density at radius 3 is 2.52 bits per heavy atom. The van der Waals surface area contributed by atoms with Gasteiger partial charge in [-0.1, -0.05) is 42.8 Å². The molecule has 0 radical (unpaired) electrons. The van der Waals surface area contributed by atoms with Gasteiger partial charge in [0.15, 0.2) is 0 Å². The number of aliphatic hydroxyl groups excluding tert-OH is 1. The molecular weight excluding hydrogens is 286 g/mol. The number of rotatable bonds is 7. The summed E-state index contributed by atoms with van der Waals surface area (Å²) < 4.78 is 1.73. The van der Waals surface area contributed by atoms with Crippen molar-refractivity contribution in [3.63, 3.8) is 0 Å². The number of aryl methyl sites for hydroxylation is 2. The zero-order chi connectivity index (χ0) is 15.2. The van der Waals surface area contributed by atoms with Gasteiger partial charge in [-0.15, -0.1) is 0 Å². The normalized spacial score (nSPS) is 11.0. The highest BCUT2D eigenvalue weighted by Gasteiger charge is 2.12. The van der Waals surface area contributed by atoms with Crippen molar-refractivity contribution in [2.45, 2.75) is 32.9 Å². The van der Waals surface area contributed by atoms with Gasteiger partial charge in [-0.05, 0) is 30.5 Å². The van der Waals surface area contributed by atoms with Crippen LogP contribution in [0.1, 0.15) is 29.3 Å². The number of hydrogen-bond donors (Lipinski definition) is 2. The Hall–Kier alpha value is -1.36. The summed E-state index contributed by atoms with van der Waals surface area (Å²) in [5.41, 5.74) is 4.36. The van der Waals surface area contributed by atoms with E-state index < -0.39 is 0 Å². The van der Waals surface area contributed by atoms with Gasteiger partial charge in [0.1, 0.15) is 5.15 Å². The smallest absolute Gasteiger partial charge is 0.131 e. The second-order valence-electron chi connectivity index (χ2n) is 5.09. The molecule has 0 fully saturated rings. The van der Waals surface area contributed by atoms with Crippen LogP contribution in [0.3, 0.4) is 0 Å². The van der Waals surface area contributed by atoms with Crippen LogP contribution in [0.4, 0.5) is 0 Å². The molecule has 2 rings (SSSR count). The number of hydrogen-bond acceptors (Lipinski definition) is 3. The number of halogens is 1. The second-order valence-corrected chi connectivity index (χ2v) is 5.45. The molecule has 0 saturated carbocycles. The fraction of sp³-hybridized carbons (Fsp3) is 0.438. The van der Waals surface area contributed by atoms with Crippen molar-refractivity contribution in [1.29, 1.82) is 0 Å². The van der Waals surface area contributed by atoms with Crippen LogP contribution in [-0.4, -0.2) is 21.4 Å². The molecule has 1 aromatic heterocycles. The van der Waals surface area contributed by atoms with Crippen LogP contribution >= 0.6 is 11.6 Å². The van der Waals surface area contributed by atoms with E-state index in [4.69, 9.17) is 16.7 Å². The summed E-state index contributed by atoms with van der Waals surface area (Å²) in [5.74, 6) is 0. The maximum absolute atomic E-state index is 9.01. The number of nitrogens with one attached hydrogen (secondary N) is 1. The summed E-state index contributed by atoms with van der Waals surface area (Å²) in [6.07, 6.45) is 1.84. The second kappa shape index (κ2) is 7.59. The van der Waals surface area contributed by atoms with Crippen molar-refractivity contribution in [3.8, 4) is 0 Å². The Morgan fingerprint density at radius 2 is 1.90 bits per heavy atom. The molecule has 0 aliphatic carbocycles. The fourth-order valence-electron chi connectivity index (χ4n) is 2.32. The largest absolute Gasteiger partial charge is 0.392 e. The SMILES string of the molecule is CCc1nn(C)c(Cl)c1CNCCc1ccc(CO)cc1. The van der Waals surface area contributed by atoms with E-state index in [0.717, 1.165) is 42.8 Å². The van der Waals surface area contributed by atoms with Gasteiger partial charge >= 0.3 is 0 Å². The summed E-state index contributed by atoms with van der Waals surface area (Å²) >= 11 is 6.26. The van der Waals surface area contributed by atoms with Crippen molar-refractivity contribution in [1.82, 2.24) is 15.1 Å². The average Bonchev–Trinajstić information content (AvgIpc) is 2.79. The molecule has 0 unspecified atom stereocenters. The minimum Gasteiger partial charge on any atom is -0.392 e. The van der Waals surface area contributed by atoms with Crippen LogP contribution in [0.5, 0.6) is 0 Å². The molecule has 2 N–H and O–H groups in total. The van der Waals surface area contributed by atoms with Crippen molar-refractivity contribution >= 4 is 11.6 Å². The van der Waals surface area contributed by atoms with E-state index in [-0.39, 0.29) is 6.61 Å². The lowest BCUT2D eigenvalue weighted by atomic mass is 10.1. The van der Waals surface area contributed by atoms with Crippen LogP contribution in [0.2, 0.25) is 5.15 Å². The Balaban J connectivity index is 1.84. The highest BCUT2D eigenvalue weighted by atomic mass is 35.5. The van der Waals surface area contributed by atoms with Gasteiger partial charge in [-0.25, -0.2) is 0 Å². The summed E-state index contributed by atoms with van der Waals surface area (Å²) in [5, 5.41) is 17.6. The fourth-order valence-corrected chi connectivity index (χ4v) is 2.53. The van der Waals surface area contributed by atoms with E-state index in [9.17, 15) is 0 Å². The molecule has 1 heterocycles. The molecule has 114 valence electrons. The predicted octanol–water partition coefficient (Wildman–Crippen LogP) is 2.46. The maximum atomic E-state index is 9.01. The molecule has 0 saturated heterocycles. The average molecular weight is 308 g/mol. The van der Waals surface area contributed by atoms with E-state index in [1.807, 2.05) is 19.2 Å². The summed E-state index contributed by atoms with van der Waals surface area (Å²) in [4.78, 5) is 0. The molecule has 0 aliphatic rings. The number of nitrogens with zero attached hydrogens (tertiary/aromatic N) is 2. The number of aliphatic hydroxyl groups is 1. The lowest BCUT2D eigenvalue weighted by molar-refractivity contribution is 0.282. The Kier molecular flexibility index (Phi) is 5.79. The van der Waals surface area contributed by atoms with Gasteiger partial charge < -0.3 is 10.4 Å². The topological polar surface area (TPSA) is 50.1 Å². The zero-order valence-electron chi connectivity index (χ0n) is 12.6. The van der Waals surface area contributed by atoms with Crippen molar-refractivity contribution in [2.75, 3.05) is 6.54 Å². The van der Waals surface area contributed by atoms with Gasteiger partial charge in [0, 0.05) is 19.2 Å². The summed E-state index contributed by atoms with van der Waals surface area (Å²) in [6, 6.07) is 8.04.